The van der Waals surface area contributed by atoms with E-state index < -0.39 is 17.9 Å². The highest BCUT2D eigenvalue weighted by molar-refractivity contribution is 5.91. The zero-order valence-corrected chi connectivity index (χ0v) is 15.4. The first-order valence-corrected chi connectivity index (χ1v) is 8.54. The third-order valence-corrected chi connectivity index (χ3v) is 4.18. The van der Waals surface area contributed by atoms with E-state index in [9.17, 15) is 14.7 Å². The van der Waals surface area contributed by atoms with Gasteiger partial charge in [0.1, 0.15) is 0 Å². The maximum atomic E-state index is 12.5. The summed E-state index contributed by atoms with van der Waals surface area (Å²) in [5.41, 5.74) is 1.82. The van der Waals surface area contributed by atoms with Gasteiger partial charge in [-0.3, -0.25) is 9.59 Å². The number of nitrogens with one attached hydrogen (secondary N) is 1. The molecule has 0 bridgehead atoms. The van der Waals surface area contributed by atoms with E-state index in [0.717, 1.165) is 5.56 Å². The minimum absolute atomic E-state index is 0.0163. The zero-order valence-electron chi connectivity index (χ0n) is 15.4. The molecule has 1 atom stereocenters. The number of hydrogen-bond donors (Lipinski definition) is 2. The number of fused-ring (bicyclic) bond motifs is 1. The SMILES string of the molecule is CC(C)(C)c1ccc(C(CC(=O)O)NC(=O)c2nc3ncccn3n2)cc1. The number of nitrogens with zero attached hydrogens (tertiary/aromatic N) is 4. The number of benzene rings is 1. The molecular formula is C19H21N5O3. The van der Waals surface area contributed by atoms with Crippen molar-refractivity contribution in [2.45, 2.75) is 38.6 Å². The van der Waals surface area contributed by atoms with E-state index in [0.29, 0.717) is 11.3 Å². The van der Waals surface area contributed by atoms with Crippen molar-refractivity contribution < 1.29 is 14.7 Å². The van der Waals surface area contributed by atoms with Gasteiger partial charge in [-0.1, -0.05) is 45.0 Å². The summed E-state index contributed by atoms with van der Waals surface area (Å²) in [4.78, 5) is 31.9. The van der Waals surface area contributed by atoms with Crippen LogP contribution in [0.2, 0.25) is 0 Å². The average molecular weight is 367 g/mol. The van der Waals surface area contributed by atoms with Gasteiger partial charge in [0.2, 0.25) is 5.82 Å². The van der Waals surface area contributed by atoms with Crippen molar-refractivity contribution in [1.82, 2.24) is 24.9 Å². The molecule has 0 aliphatic carbocycles. The Morgan fingerprint density at radius 3 is 2.52 bits per heavy atom. The quantitative estimate of drug-likeness (QED) is 0.716. The molecule has 27 heavy (non-hydrogen) atoms. The Kier molecular flexibility index (Phi) is 4.89. The number of aromatic nitrogens is 4. The topological polar surface area (TPSA) is 109 Å². The Balaban J connectivity index is 1.84. The van der Waals surface area contributed by atoms with Crippen LogP contribution in [0.15, 0.2) is 42.7 Å². The Labute approximate surface area is 156 Å². The second-order valence-electron chi connectivity index (χ2n) is 7.30. The lowest BCUT2D eigenvalue weighted by Gasteiger charge is -2.21. The van der Waals surface area contributed by atoms with E-state index >= 15 is 0 Å². The number of rotatable bonds is 5. The van der Waals surface area contributed by atoms with Crippen molar-refractivity contribution in [3.63, 3.8) is 0 Å². The smallest absolute Gasteiger partial charge is 0.305 e. The Morgan fingerprint density at radius 2 is 1.93 bits per heavy atom. The van der Waals surface area contributed by atoms with Gasteiger partial charge in [0, 0.05) is 12.4 Å². The van der Waals surface area contributed by atoms with Crippen molar-refractivity contribution in [2.75, 3.05) is 0 Å². The number of carboxylic acid groups (broad SMARTS) is 1. The van der Waals surface area contributed by atoms with Gasteiger partial charge in [0.15, 0.2) is 0 Å². The van der Waals surface area contributed by atoms with Gasteiger partial charge in [-0.2, -0.15) is 4.98 Å². The predicted octanol–water partition coefficient (Wildman–Crippen LogP) is 2.37. The third kappa shape index (κ3) is 4.28. The van der Waals surface area contributed by atoms with Gasteiger partial charge >= 0.3 is 5.97 Å². The van der Waals surface area contributed by atoms with Gasteiger partial charge in [-0.05, 0) is 22.6 Å². The van der Waals surface area contributed by atoms with Crippen molar-refractivity contribution >= 4 is 17.7 Å². The van der Waals surface area contributed by atoms with Crippen molar-refractivity contribution in [3.8, 4) is 0 Å². The van der Waals surface area contributed by atoms with Gasteiger partial charge in [-0.25, -0.2) is 9.50 Å². The minimum Gasteiger partial charge on any atom is -0.481 e. The number of carboxylic acids is 1. The van der Waals surface area contributed by atoms with E-state index in [1.807, 2.05) is 24.3 Å². The lowest BCUT2D eigenvalue weighted by molar-refractivity contribution is -0.137. The highest BCUT2D eigenvalue weighted by Gasteiger charge is 2.22. The molecule has 8 heteroatoms. The fraction of sp³-hybridized carbons (Fsp3) is 0.316. The molecule has 0 fully saturated rings. The largest absolute Gasteiger partial charge is 0.481 e. The first kappa shape index (κ1) is 18.5. The lowest BCUT2D eigenvalue weighted by atomic mass is 9.86. The van der Waals surface area contributed by atoms with Crippen LogP contribution in [0.1, 0.15) is 55.0 Å². The van der Waals surface area contributed by atoms with Crippen LogP contribution in [0.5, 0.6) is 0 Å². The molecular weight excluding hydrogens is 346 g/mol. The third-order valence-electron chi connectivity index (χ3n) is 4.18. The van der Waals surface area contributed by atoms with Gasteiger partial charge in [0.25, 0.3) is 11.7 Å². The Morgan fingerprint density at radius 1 is 1.22 bits per heavy atom. The summed E-state index contributed by atoms with van der Waals surface area (Å²) in [6.07, 6.45) is 2.94. The highest BCUT2D eigenvalue weighted by atomic mass is 16.4. The summed E-state index contributed by atoms with van der Waals surface area (Å²) in [7, 11) is 0. The van der Waals surface area contributed by atoms with E-state index in [1.165, 1.54) is 4.52 Å². The molecule has 2 heterocycles. The molecule has 0 aliphatic rings. The molecule has 1 unspecified atom stereocenters. The minimum atomic E-state index is -1.01. The molecule has 140 valence electrons. The standard InChI is InChI=1S/C19H21N5O3/c1-19(2,3)13-7-5-12(6-8-13)14(11-15(25)26)21-17(27)16-22-18-20-9-4-10-24(18)23-16/h4-10,14H,11H2,1-3H3,(H,21,27)(H,25,26). The normalized spacial score (nSPS) is 12.7. The number of hydrogen-bond acceptors (Lipinski definition) is 5. The number of amides is 1. The van der Waals surface area contributed by atoms with Crippen LogP contribution in [-0.2, 0) is 10.2 Å². The van der Waals surface area contributed by atoms with Crippen molar-refractivity contribution in [2.24, 2.45) is 0 Å². The van der Waals surface area contributed by atoms with E-state index in [4.69, 9.17) is 0 Å². The molecule has 3 rings (SSSR count). The molecule has 1 amide bonds. The van der Waals surface area contributed by atoms with E-state index in [-0.39, 0.29) is 17.7 Å². The van der Waals surface area contributed by atoms with Crippen LogP contribution in [0.25, 0.3) is 5.78 Å². The van der Waals surface area contributed by atoms with Gasteiger partial charge in [0.05, 0.1) is 12.5 Å². The van der Waals surface area contributed by atoms with Crippen LogP contribution in [0, 0.1) is 0 Å². The maximum Gasteiger partial charge on any atom is 0.305 e. The molecule has 0 radical (unpaired) electrons. The van der Waals surface area contributed by atoms with Crippen LogP contribution in [-0.4, -0.2) is 36.6 Å². The summed E-state index contributed by atoms with van der Waals surface area (Å²) in [5, 5.41) is 16.0. The monoisotopic (exact) mass is 367 g/mol. The Bertz CT molecular complexity index is 940. The second-order valence-corrected chi connectivity index (χ2v) is 7.30. The Hall–Kier alpha value is -3.29. The average Bonchev–Trinajstić information content (AvgIpc) is 3.04. The molecule has 0 aliphatic heterocycles. The molecule has 2 aromatic heterocycles. The lowest BCUT2D eigenvalue weighted by Crippen LogP contribution is -2.31. The summed E-state index contributed by atoms with van der Waals surface area (Å²) < 4.78 is 1.39. The first-order valence-electron chi connectivity index (χ1n) is 8.54. The molecule has 8 nitrogen and oxygen atoms in total. The molecule has 2 N–H and O–H groups in total. The van der Waals surface area contributed by atoms with Crippen LogP contribution < -0.4 is 5.32 Å². The molecule has 0 saturated carbocycles. The fourth-order valence-corrected chi connectivity index (χ4v) is 2.69. The predicted molar refractivity (Wildman–Crippen MR) is 98.4 cm³/mol. The summed E-state index contributed by atoms with van der Waals surface area (Å²) in [6.45, 7) is 6.30. The van der Waals surface area contributed by atoms with Crippen molar-refractivity contribution in [1.29, 1.82) is 0 Å². The number of carbonyl (C=O) groups is 2. The van der Waals surface area contributed by atoms with Gasteiger partial charge in [-0.15, -0.1) is 5.10 Å². The summed E-state index contributed by atoms with van der Waals surface area (Å²) >= 11 is 0. The molecule has 3 aromatic rings. The highest BCUT2D eigenvalue weighted by Crippen LogP contribution is 2.25. The summed E-state index contributed by atoms with van der Waals surface area (Å²) in [5.74, 6) is -1.32. The molecule has 1 aromatic carbocycles. The van der Waals surface area contributed by atoms with Crippen LogP contribution >= 0.6 is 0 Å². The fourth-order valence-electron chi connectivity index (χ4n) is 2.69. The molecule has 0 spiro atoms. The van der Waals surface area contributed by atoms with Gasteiger partial charge < -0.3 is 10.4 Å². The number of carbonyl (C=O) groups excluding carboxylic acids is 1. The zero-order chi connectivity index (χ0) is 19.6. The van der Waals surface area contributed by atoms with Crippen LogP contribution in [0.3, 0.4) is 0 Å². The molecule has 0 saturated heterocycles. The van der Waals surface area contributed by atoms with Crippen LogP contribution in [0.4, 0.5) is 0 Å². The maximum absolute atomic E-state index is 12.5. The van der Waals surface area contributed by atoms with E-state index in [1.54, 1.807) is 18.5 Å². The number of aliphatic carboxylic acids is 1. The first-order chi connectivity index (χ1) is 12.7. The second kappa shape index (κ2) is 7.14. The van der Waals surface area contributed by atoms with E-state index in [2.05, 4.69) is 41.2 Å². The van der Waals surface area contributed by atoms with Crippen molar-refractivity contribution in [3.05, 3.63) is 59.7 Å². The summed E-state index contributed by atoms with van der Waals surface area (Å²) in [6, 6.07) is 8.56.